The summed E-state index contributed by atoms with van der Waals surface area (Å²) in [7, 11) is 1.97. The fraction of sp³-hybridized carbons (Fsp3) is 0.750. The SMILES string of the molecule is Cc1cc(CNC2CCCC2CO)n(C)n1. The van der Waals surface area contributed by atoms with Crippen LogP contribution >= 0.6 is 0 Å². The van der Waals surface area contributed by atoms with Crippen molar-refractivity contribution >= 4 is 0 Å². The minimum absolute atomic E-state index is 0.308. The minimum atomic E-state index is 0.308. The van der Waals surface area contributed by atoms with Crippen molar-refractivity contribution in [1.29, 1.82) is 0 Å². The molecule has 1 fully saturated rings. The molecule has 0 aromatic carbocycles. The van der Waals surface area contributed by atoms with Crippen molar-refractivity contribution in [3.63, 3.8) is 0 Å². The lowest BCUT2D eigenvalue weighted by Crippen LogP contribution is -2.34. The van der Waals surface area contributed by atoms with Gasteiger partial charge in [0.25, 0.3) is 0 Å². The van der Waals surface area contributed by atoms with Crippen LogP contribution in [0.25, 0.3) is 0 Å². The predicted octanol–water partition coefficient (Wildman–Crippen LogP) is 0.979. The van der Waals surface area contributed by atoms with E-state index in [9.17, 15) is 5.11 Å². The van der Waals surface area contributed by atoms with Gasteiger partial charge >= 0.3 is 0 Å². The Kier molecular flexibility index (Phi) is 3.61. The summed E-state index contributed by atoms with van der Waals surface area (Å²) in [5.41, 5.74) is 2.27. The first-order chi connectivity index (χ1) is 7.70. The second kappa shape index (κ2) is 4.97. The highest BCUT2D eigenvalue weighted by Crippen LogP contribution is 2.25. The largest absolute Gasteiger partial charge is 0.396 e. The van der Waals surface area contributed by atoms with Gasteiger partial charge in [-0.15, -0.1) is 0 Å². The van der Waals surface area contributed by atoms with Gasteiger partial charge < -0.3 is 10.4 Å². The molecule has 2 rings (SSSR count). The van der Waals surface area contributed by atoms with Crippen molar-refractivity contribution in [2.45, 2.75) is 38.8 Å². The molecule has 1 heterocycles. The molecule has 2 N–H and O–H groups in total. The van der Waals surface area contributed by atoms with Crippen LogP contribution in [-0.4, -0.2) is 27.5 Å². The summed E-state index contributed by atoms with van der Waals surface area (Å²) in [5.74, 6) is 0.439. The topological polar surface area (TPSA) is 50.1 Å². The summed E-state index contributed by atoms with van der Waals surface area (Å²) < 4.78 is 1.92. The highest BCUT2D eigenvalue weighted by molar-refractivity contribution is 5.08. The number of hydrogen-bond acceptors (Lipinski definition) is 3. The standard InChI is InChI=1S/C12H21N3O/c1-9-6-11(15(2)14-9)7-13-12-5-3-4-10(12)8-16/h6,10,12-13,16H,3-5,7-8H2,1-2H3. The van der Waals surface area contributed by atoms with Gasteiger partial charge in [-0.1, -0.05) is 6.42 Å². The third-order valence-electron chi connectivity index (χ3n) is 3.54. The summed E-state index contributed by atoms with van der Waals surface area (Å²) in [6, 6.07) is 2.58. The normalized spacial score (nSPS) is 25.2. The first-order valence-corrected chi connectivity index (χ1v) is 6.04. The van der Waals surface area contributed by atoms with E-state index in [2.05, 4.69) is 16.5 Å². The van der Waals surface area contributed by atoms with Crippen LogP contribution in [-0.2, 0) is 13.6 Å². The molecule has 2 atom stereocenters. The van der Waals surface area contributed by atoms with Crippen molar-refractivity contribution in [2.75, 3.05) is 6.61 Å². The molecule has 0 aliphatic heterocycles. The second-order valence-corrected chi connectivity index (χ2v) is 4.76. The summed E-state index contributed by atoms with van der Waals surface area (Å²) in [4.78, 5) is 0. The Hall–Kier alpha value is -0.870. The molecule has 0 amide bonds. The lowest BCUT2D eigenvalue weighted by Gasteiger charge is -2.18. The average Bonchev–Trinajstić information content (AvgIpc) is 2.81. The third kappa shape index (κ3) is 2.44. The van der Waals surface area contributed by atoms with E-state index in [1.165, 1.54) is 18.5 Å². The molecule has 1 aromatic heterocycles. The number of aromatic nitrogens is 2. The molecular weight excluding hydrogens is 202 g/mol. The van der Waals surface area contributed by atoms with Crippen molar-refractivity contribution < 1.29 is 5.11 Å². The minimum Gasteiger partial charge on any atom is -0.396 e. The highest BCUT2D eigenvalue weighted by Gasteiger charge is 2.26. The Balaban J connectivity index is 1.89. The lowest BCUT2D eigenvalue weighted by molar-refractivity contribution is 0.204. The smallest absolute Gasteiger partial charge is 0.0597 e. The zero-order chi connectivity index (χ0) is 11.5. The summed E-state index contributed by atoms with van der Waals surface area (Å²) >= 11 is 0. The summed E-state index contributed by atoms with van der Waals surface area (Å²) in [6.07, 6.45) is 3.56. The number of rotatable bonds is 4. The number of aliphatic hydroxyl groups is 1. The average molecular weight is 223 g/mol. The van der Waals surface area contributed by atoms with Gasteiger partial charge in [-0.05, 0) is 31.7 Å². The van der Waals surface area contributed by atoms with Gasteiger partial charge in [-0.3, -0.25) is 4.68 Å². The monoisotopic (exact) mass is 223 g/mol. The van der Waals surface area contributed by atoms with E-state index in [0.29, 0.717) is 18.6 Å². The number of aryl methyl sites for hydroxylation is 2. The van der Waals surface area contributed by atoms with E-state index >= 15 is 0 Å². The van der Waals surface area contributed by atoms with Gasteiger partial charge in [0.1, 0.15) is 0 Å². The number of nitrogens with one attached hydrogen (secondary N) is 1. The van der Waals surface area contributed by atoms with E-state index in [0.717, 1.165) is 18.7 Å². The van der Waals surface area contributed by atoms with Crippen LogP contribution < -0.4 is 5.32 Å². The fourth-order valence-corrected chi connectivity index (χ4v) is 2.59. The Bertz CT molecular complexity index is 348. The van der Waals surface area contributed by atoms with Crippen molar-refractivity contribution in [1.82, 2.24) is 15.1 Å². The van der Waals surface area contributed by atoms with Crippen LogP contribution in [0, 0.1) is 12.8 Å². The van der Waals surface area contributed by atoms with Crippen LogP contribution in [0.3, 0.4) is 0 Å². The first kappa shape index (κ1) is 11.6. The fourth-order valence-electron chi connectivity index (χ4n) is 2.59. The molecule has 1 aliphatic carbocycles. The zero-order valence-corrected chi connectivity index (χ0v) is 10.1. The maximum atomic E-state index is 9.23. The van der Waals surface area contributed by atoms with Gasteiger partial charge in [0.15, 0.2) is 0 Å². The molecule has 16 heavy (non-hydrogen) atoms. The van der Waals surface area contributed by atoms with Gasteiger partial charge in [0, 0.05) is 26.2 Å². The number of nitrogens with zero attached hydrogens (tertiary/aromatic N) is 2. The maximum Gasteiger partial charge on any atom is 0.0597 e. The molecule has 4 heteroatoms. The summed E-state index contributed by atoms with van der Waals surface area (Å²) in [6.45, 7) is 3.16. The van der Waals surface area contributed by atoms with E-state index in [4.69, 9.17) is 0 Å². The van der Waals surface area contributed by atoms with Crippen molar-refractivity contribution in [3.05, 3.63) is 17.5 Å². The first-order valence-electron chi connectivity index (χ1n) is 6.04. The van der Waals surface area contributed by atoms with Crippen LogP contribution in [0.2, 0.25) is 0 Å². The molecule has 0 saturated heterocycles. The molecule has 1 aromatic rings. The molecule has 0 bridgehead atoms. The molecule has 0 radical (unpaired) electrons. The number of aliphatic hydroxyl groups excluding tert-OH is 1. The molecule has 1 saturated carbocycles. The van der Waals surface area contributed by atoms with E-state index in [1.54, 1.807) is 0 Å². The van der Waals surface area contributed by atoms with Crippen LogP contribution in [0.1, 0.15) is 30.7 Å². The van der Waals surface area contributed by atoms with Gasteiger partial charge in [0.2, 0.25) is 0 Å². The molecule has 4 nitrogen and oxygen atoms in total. The van der Waals surface area contributed by atoms with E-state index in [1.807, 2.05) is 18.7 Å². The Morgan fingerprint density at radius 3 is 3.00 bits per heavy atom. The second-order valence-electron chi connectivity index (χ2n) is 4.76. The van der Waals surface area contributed by atoms with E-state index in [-0.39, 0.29) is 0 Å². The Morgan fingerprint density at radius 2 is 2.38 bits per heavy atom. The quantitative estimate of drug-likeness (QED) is 0.800. The third-order valence-corrected chi connectivity index (χ3v) is 3.54. The van der Waals surface area contributed by atoms with Crippen LogP contribution in [0.15, 0.2) is 6.07 Å². The lowest BCUT2D eigenvalue weighted by atomic mass is 10.1. The van der Waals surface area contributed by atoms with Crippen molar-refractivity contribution in [3.8, 4) is 0 Å². The van der Waals surface area contributed by atoms with E-state index < -0.39 is 0 Å². The van der Waals surface area contributed by atoms with Crippen LogP contribution in [0.5, 0.6) is 0 Å². The maximum absolute atomic E-state index is 9.23. The molecule has 2 unspecified atom stereocenters. The van der Waals surface area contributed by atoms with Crippen LogP contribution in [0.4, 0.5) is 0 Å². The molecule has 1 aliphatic rings. The van der Waals surface area contributed by atoms with Crippen molar-refractivity contribution in [2.24, 2.45) is 13.0 Å². The predicted molar refractivity (Wildman–Crippen MR) is 63.0 cm³/mol. The van der Waals surface area contributed by atoms with Gasteiger partial charge in [0.05, 0.1) is 11.4 Å². The molecular formula is C12H21N3O. The molecule has 90 valence electrons. The Morgan fingerprint density at radius 1 is 1.56 bits per heavy atom. The Labute approximate surface area is 96.7 Å². The number of hydrogen-bond donors (Lipinski definition) is 2. The summed E-state index contributed by atoms with van der Waals surface area (Å²) in [5, 5.41) is 17.1. The zero-order valence-electron chi connectivity index (χ0n) is 10.1. The van der Waals surface area contributed by atoms with Gasteiger partial charge in [-0.2, -0.15) is 5.10 Å². The van der Waals surface area contributed by atoms with Gasteiger partial charge in [-0.25, -0.2) is 0 Å². The highest BCUT2D eigenvalue weighted by atomic mass is 16.3. The molecule has 0 spiro atoms.